The molecular weight excluding hydrogens is 310 g/mol. The van der Waals surface area contributed by atoms with Crippen molar-refractivity contribution < 1.29 is 4.79 Å². The van der Waals surface area contributed by atoms with Gasteiger partial charge < -0.3 is 5.32 Å². The van der Waals surface area contributed by atoms with Crippen LogP contribution in [0.3, 0.4) is 0 Å². The number of carbonyl (C=O) groups is 1. The molecule has 2 aromatic heterocycles. The fourth-order valence-electron chi connectivity index (χ4n) is 2.75. The highest BCUT2D eigenvalue weighted by Gasteiger charge is 2.14. The molecule has 0 unspecified atom stereocenters. The van der Waals surface area contributed by atoms with Crippen molar-refractivity contribution in [3.05, 3.63) is 56.1 Å². The van der Waals surface area contributed by atoms with Gasteiger partial charge in [-0.25, -0.2) is 9.67 Å². The molecule has 0 radical (unpaired) electrons. The number of aromatic nitrogens is 4. The lowest BCUT2D eigenvalue weighted by Crippen LogP contribution is -2.36. The summed E-state index contributed by atoms with van der Waals surface area (Å²) in [6.07, 6.45) is 4.19. The van der Waals surface area contributed by atoms with Crippen LogP contribution in [0.1, 0.15) is 23.4 Å². The van der Waals surface area contributed by atoms with Crippen LogP contribution in [0.2, 0.25) is 0 Å². The SMILES string of the molecule is Cc1cc(=O)n(CC(=O)NCCn2nc3c(cc2=O)CCC3)cn1. The van der Waals surface area contributed by atoms with E-state index in [2.05, 4.69) is 15.4 Å². The van der Waals surface area contributed by atoms with Gasteiger partial charge in [0.2, 0.25) is 5.91 Å². The smallest absolute Gasteiger partial charge is 0.267 e. The average molecular weight is 329 g/mol. The van der Waals surface area contributed by atoms with E-state index in [9.17, 15) is 14.4 Å². The van der Waals surface area contributed by atoms with Crippen LogP contribution in [0.4, 0.5) is 0 Å². The molecule has 2 aromatic rings. The second-order valence-corrected chi connectivity index (χ2v) is 5.88. The second-order valence-electron chi connectivity index (χ2n) is 5.88. The van der Waals surface area contributed by atoms with E-state index < -0.39 is 0 Å². The Morgan fingerprint density at radius 2 is 2.08 bits per heavy atom. The molecule has 0 spiro atoms. The third-order valence-corrected chi connectivity index (χ3v) is 4.00. The number of amides is 1. The zero-order valence-electron chi connectivity index (χ0n) is 13.5. The molecule has 24 heavy (non-hydrogen) atoms. The summed E-state index contributed by atoms with van der Waals surface area (Å²) in [7, 11) is 0. The van der Waals surface area contributed by atoms with E-state index in [4.69, 9.17) is 0 Å². The Labute approximate surface area is 138 Å². The number of aryl methyl sites for hydroxylation is 3. The Morgan fingerprint density at radius 1 is 1.25 bits per heavy atom. The topological polar surface area (TPSA) is 98.9 Å². The predicted octanol–water partition coefficient (Wildman–Crippen LogP) is -0.586. The summed E-state index contributed by atoms with van der Waals surface area (Å²) in [6, 6.07) is 3.01. The highest BCUT2D eigenvalue weighted by Crippen LogP contribution is 2.16. The predicted molar refractivity (Wildman–Crippen MR) is 86.8 cm³/mol. The van der Waals surface area contributed by atoms with Crippen LogP contribution in [0.5, 0.6) is 0 Å². The summed E-state index contributed by atoms with van der Waals surface area (Å²) in [6.45, 7) is 2.20. The third kappa shape index (κ3) is 3.58. The first-order chi connectivity index (χ1) is 11.5. The van der Waals surface area contributed by atoms with Crippen molar-refractivity contribution in [1.29, 1.82) is 0 Å². The normalized spacial score (nSPS) is 12.9. The largest absolute Gasteiger partial charge is 0.353 e. The van der Waals surface area contributed by atoms with E-state index in [1.807, 2.05) is 0 Å². The molecule has 1 aliphatic rings. The monoisotopic (exact) mass is 329 g/mol. The minimum atomic E-state index is -0.308. The van der Waals surface area contributed by atoms with Gasteiger partial charge in [0, 0.05) is 24.4 Å². The Hall–Kier alpha value is -2.77. The first kappa shape index (κ1) is 16.1. The van der Waals surface area contributed by atoms with E-state index in [-0.39, 0.29) is 30.1 Å². The van der Waals surface area contributed by atoms with Gasteiger partial charge in [-0.15, -0.1) is 0 Å². The van der Waals surface area contributed by atoms with Crippen molar-refractivity contribution >= 4 is 5.91 Å². The highest BCUT2D eigenvalue weighted by atomic mass is 16.2. The maximum atomic E-state index is 12.0. The van der Waals surface area contributed by atoms with Gasteiger partial charge in [0.15, 0.2) is 0 Å². The molecule has 0 atom stereocenters. The summed E-state index contributed by atoms with van der Waals surface area (Å²) < 4.78 is 2.62. The third-order valence-electron chi connectivity index (χ3n) is 4.00. The fourth-order valence-corrected chi connectivity index (χ4v) is 2.75. The molecule has 1 aliphatic carbocycles. The summed E-state index contributed by atoms with van der Waals surface area (Å²) in [5.41, 5.74) is 2.20. The zero-order chi connectivity index (χ0) is 17.1. The summed E-state index contributed by atoms with van der Waals surface area (Å²) in [4.78, 5) is 39.6. The van der Waals surface area contributed by atoms with Crippen molar-refractivity contribution in [2.75, 3.05) is 6.54 Å². The first-order valence-electron chi connectivity index (χ1n) is 7.92. The van der Waals surface area contributed by atoms with E-state index in [0.29, 0.717) is 12.2 Å². The minimum Gasteiger partial charge on any atom is -0.353 e. The Balaban J connectivity index is 1.56. The highest BCUT2D eigenvalue weighted by molar-refractivity contribution is 5.75. The number of hydrogen-bond acceptors (Lipinski definition) is 5. The van der Waals surface area contributed by atoms with Gasteiger partial charge in [-0.1, -0.05) is 0 Å². The number of fused-ring (bicyclic) bond motifs is 1. The number of hydrogen-bond donors (Lipinski definition) is 1. The van der Waals surface area contributed by atoms with Gasteiger partial charge in [0.05, 0.1) is 18.6 Å². The molecule has 1 amide bonds. The molecule has 0 bridgehead atoms. The molecule has 8 nitrogen and oxygen atoms in total. The van der Waals surface area contributed by atoms with Crippen molar-refractivity contribution in [3.63, 3.8) is 0 Å². The quantitative estimate of drug-likeness (QED) is 0.791. The van der Waals surface area contributed by atoms with Crippen LogP contribution >= 0.6 is 0 Å². The number of carbonyl (C=O) groups excluding carboxylic acids is 1. The van der Waals surface area contributed by atoms with E-state index >= 15 is 0 Å². The molecule has 0 saturated carbocycles. The van der Waals surface area contributed by atoms with E-state index in [0.717, 1.165) is 30.5 Å². The van der Waals surface area contributed by atoms with Crippen molar-refractivity contribution in [3.8, 4) is 0 Å². The molecule has 0 saturated heterocycles. The van der Waals surface area contributed by atoms with Crippen LogP contribution in [0, 0.1) is 6.92 Å². The molecule has 3 rings (SSSR count). The Kier molecular flexibility index (Phi) is 4.54. The van der Waals surface area contributed by atoms with Crippen molar-refractivity contribution in [2.24, 2.45) is 0 Å². The van der Waals surface area contributed by atoms with Crippen LogP contribution < -0.4 is 16.4 Å². The molecule has 0 aliphatic heterocycles. The average Bonchev–Trinajstić information content (AvgIpc) is 2.97. The van der Waals surface area contributed by atoms with Gasteiger partial charge in [0.25, 0.3) is 11.1 Å². The first-order valence-corrected chi connectivity index (χ1v) is 7.92. The van der Waals surface area contributed by atoms with Crippen molar-refractivity contribution in [1.82, 2.24) is 24.6 Å². The minimum absolute atomic E-state index is 0.0986. The lowest BCUT2D eigenvalue weighted by atomic mass is 10.2. The molecule has 8 heteroatoms. The molecule has 2 heterocycles. The molecular formula is C16H19N5O3. The lowest BCUT2D eigenvalue weighted by molar-refractivity contribution is -0.121. The van der Waals surface area contributed by atoms with Gasteiger partial charge >= 0.3 is 0 Å². The fraction of sp³-hybridized carbons (Fsp3) is 0.438. The molecule has 126 valence electrons. The zero-order valence-corrected chi connectivity index (χ0v) is 13.5. The number of nitrogens with zero attached hydrogens (tertiary/aromatic N) is 4. The maximum Gasteiger partial charge on any atom is 0.267 e. The van der Waals surface area contributed by atoms with Crippen LogP contribution in [-0.4, -0.2) is 31.8 Å². The summed E-state index contributed by atoms with van der Waals surface area (Å²) in [5.74, 6) is -0.308. The van der Waals surface area contributed by atoms with E-state index in [1.165, 1.54) is 21.6 Å². The number of nitrogens with one attached hydrogen (secondary N) is 1. The molecule has 0 fully saturated rings. The van der Waals surface area contributed by atoms with Gasteiger partial charge in [0.1, 0.15) is 6.54 Å². The molecule has 0 aromatic carbocycles. The second kappa shape index (κ2) is 6.77. The maximum absolute atomic E-state index is 12.0. The Morgan fingerprint density at radius 3 is 2.88 bits per heavy atom. The standard InChI is InChI=1S/C16H19N5O3/c1-11-7-15(23)20(10-18-11)9-14(22)17-5-6-21-16(24)8-12-3-2-4-13(12)19-21/h7-8,10H,2-6,9H2,1H3,(H,17,22). The van der Waals surface area contributed by atoms with Crippen LogP contribution in [0.25, 0.3) is 0 Å². The number of rotatable bonds is 5. The van der Waals surface area contributed by atoms with Gasteiger partial charge in [-0.05, 0) is 31.7 Å². The summed E-state index contributed by atoms with van der Waals surface area (Å²) >= 11 is 0. The van der Waals surface area contributed by atoms with Crippen LogP contribution in [0.15, 0.2) is 28.0 Å². The van der Waals surface area contributed by atoms with E-state index in [1.54, 1.807) is 13.0 Å². The molecule has 1 N–H and O–H groups in total. The van der Waals surface area contributed by atoms with Gasteiger partial charge in [-0.3, -0.25) is 19.0 Å². The Bertz CT molecular complexity index is 884. The summed E-state index contributed by atoms with van der Waals surface area (Å²) in [5, 5.41) is 7.04. The van der Waals surface area contributed by atoms with Crippen LogP contribution in [-0.2, 0) is 30.7 Å². The van der Waals surface area contributed by atoms with Gasteiger partial charge in [-0.2, -0.15) is 5.10 Å². The van der Waals surface area contributed by atoms with Crippen molar-refractivity contribution in [2.45, 2.75) is 39.3 Å². The lowest BCUT2D eigenvalue weighted by Gasteiger charge is -2.09.